The van der Waals surface area contributed by atoms with Crippen LogP contribution in [0, 0.1) is 6.72 Å². The summed E-state index contributed by atoms with van der Waals surface area (Å²) in [6.45, 7) is 3.78. The molecule has 0 spiro atoms. The Hall–Kier alpha value is -1.16. The average Bonchev–Trinajstić information content (AvgIpc) is 2.49. The maximum atomic E-state index is 5.39. The van der Waals surface area contributed by atoms with E-state index in [1.807, 2.05) is 24.6 Å². The van der Waals surface area contributed by atoms with Crippen LogP contribution in [0.3, 0.4) is 0 Å². The quantitative estimate of drug-likeness (QED) is 0.432. The zero-order valence-corrected chi connectivity index (χ0v) is 7.47. The van der Waals surface area contributed by atoms with E-state index in [0.29, 0.717) is 5.24 Å². The number of carbonyl (C=O) groups excluding carboxylic acids is 1. The molecule has 0 saturated carbocycles. The van der Waals surface area contributed by atoms with E-state index in [1.165, 1.54) is 11.8 Å². The van der Waals surface area contributed by atoms with Gasteiger partial charge >= 0.3 is 16.5 Å². The van der Waals surface area contributed by atoms with Gasteiger partial charge in [-0.3, -0.25) is 0 Å². The monoisotopic (exact) mass is 180 g/mol. The minimum absolute atomic E-state index is 0.675. The van der Waals surface area contributed by atoms with Crippen LogP contribution in [0.25, 0.3) is 0 Å². The summed E-state index contributed by atoms with van der Waals surface area (Å²) in [5.74, 6) is 0.775. The first-order valence-electron chi connectivity index (χ1n) is 3.47. The number of nitrogens with zero attached hydrogens (tertiary/aromatic N) is 2. The molecule has 3 nitrogen and oxygen atoms in total. The highest BCUT2D eigenvalue weighted by Crippen LogP contribution is 2.20. The van der Waals surface area contributed by atoms with Crippen molar-refractivity contribution in [1.82, 2.24) is 0 Å². The van der Waals surface area contributed by atoms with Gasteiger partial charge in [0.2, 0.25) is 0 Å². The van der Waals surface area contributed by atoms with Crippen LogP contribution in [0.15, 0.2) is 23.3 Å². The van der Waals surface area contributed by atoms with Crippen LogP contribution in [0.1, 0.15) is 0 Å². The Morgan fingerprint density at radius 3 is 3.17 bits per heavy atom. The van der Waals surface area contributed by atoms with Crippen molar-refractivity contribution >= 4 is 17.0 Å². The highest BCUT2D eigenvalue weighted by Gasteiger charge is 2.31. The third-order valence-electron chi connectivity index (χ3n) is 1.58. The van der Waals surface area contributed by atoms with E-state index < -0.39 is 0 Å². The minimum atomic E-state index is 0.675. The molecule has 0 aliphatic carbocycles. The predicted molar refractivity (Wildman–Crippen MR) is 46.9 cm³/mol. The molecule has 0 atom stereocenters. The van der Waals surface area contributed by atoms with Crippen molar-refractivity contribution < 1.29 is 8.67 Å². The van der Waals surface area contributed by atoms with Crippen LogP contribution in [0.2, 0.25) is 0 Å². The van der Waals surface area contributed by atoms with Gasteiger partial charge in [-0.05, 0) is 12.3 Å². The van der Waals surface area contributed by atoms with Gasteiger partial charge < -0.3 is 0 Å². The Morgan fingerprint density at radius 1 is 1.67 bits per heavy atom. The summed E-state index contributed by atoms with van der Waals surface area (Å²) >= 11 is 1.48. The van der Waals surface area contributed by atoms with Gasteiger partial charge in [0.25, 0.3) is 0 Å². The molecule has 0 fully saturated rings. The number of aromatic nitrogens is 1. The average molecular weight is 180 g/mol. The molecule has 60 valence electrons. The SMILES string of the molecule is C=[n+]1cccc2c1=NC(SC)=[O+]2. The summed E-state index contributed by atoms with van der Waals surface area (Å²) in [4.78, 5) is 4.23. The Bertz CT molecular complexity index is 453. The molecular formula is C8H8N2OS+2. The van der Waals surface area contributed by atoms with Gasteiger partial charge in [-0.1, -0.05) is 0 Å². The molecule has 0 radical (unpaired) electrons. The van der Waals surface area contributed by atoms with Crippen LogP contribution >= 0.6 is 11.8 Å². The third-order valence-corrected chi connectivity index (χ3v) is 2.10. The Morgan fingerprint density at radius 2 is 2.50 bits per heavy atom. The topological polar surface area (TPSA) is 29.6 Å². The first-order valence-corrected chi connectivity index (χ1v) is 4.70. The highest BCUT2D eigenvalue weighted by molar-refractivity contribution is 8.13. The van der Waals surface area contributed by atoms with Crippen molar-refractivity contribution in [2.75, 3.05) is 6.26 Å². The lowest BCUT2D eigenvalue weighted by molar-refractivity contribution is -0.518. The van der Waals surface area contributed by atoms with Crippen LogP contribution in [-0.2, 0) is 0 Å². The molecule has 0 saturated heterocycles. The fourth-order valence-corrected chi connectivity index (χ4v) is 1.36. The number of hydrogen-bond acceptors (Lipinski definition) is 2. The fraction of sp³-hybridized carbons (Fsp3) is 0.125. The normalized spacial score (nSPS) is 13.6. The number of amides is 1. The lowest BCUT2D eigenvalue weighted by Gasteiger charge is -1.72. The molecule has 0 N–H and O–H groups in total. The molecular weight excluding hydrogens is 172 g/mol. The van der Waals surface area contributed by atoms with Crippen LogP contribution in [-0.4, -0.2) is 11.5 Å². The molecule has 1 aliphatic rings. The second-order valence-electron chi connectivity index (χ2n) is 2.35. The maximum Gasteiger partial charge on any atom is 0.596 e. The van der Waals surface area contributed by atoms with Gasteiger partial charge in [0.05, 0.1) is 24.0 Å². The first kappa shape index (κ1) is 7.49. The van der Waals surface area contributed by atoms with Crippen molar-refractivity contribution in [3.8, 4) is 5.75 Å². The molecule has 1 aliphatic heterocycles. The third kappa shape index (κ3) is 1.04. The molecule has 0 aromatic carbocycles. The summed E-state index contributed by atoms with van der Waals surface area (Å²) in [7, 11) is 0. The minimum Gasteiger partial charge on any atom is -0.201 e. The number of pyridine rings is 1. The van der Waals surface area contributed by atoms with E-state index in [0.717, 1.165) is 11.2 Å². The Kier molecular flexibility index (Phi) is 1.69. The lowest BCUT2D eigenvalue weighted by atomic mass is 10.4. The van der Waals surface area contributed by atoms with Crippen molar-refractivity contribution in [3.05, 3.63) is 30.5 Å². The highest BCUT2D eigenvalue weighted by atomic mass is 32.2. The van der Waals surface area contributed by atoms with E-state index in [-0.39, 0.29) is 0 Å². The summed E-state index contributed by atoms with van der Waals surface area (Å²) in [5, 5.41) is 0.675. The maximum absolute atomic E-state index is 5.39. The van der Waals surface area contributed by atoms with Gasteiger partial charge in [-0.15, -0.1) is 4.42 Å². The number of hydrogen-bond donors (Lipinski definition) is 0. The van der Waals surface area contributed by atoms with Crippen molar-refractivity contribution in [2.24, 2.45) is 4.99 Å². The molecule has 0 bridgehead atoms. The Balaban J connectivity index is 2.71. The molecule has 2 heterocycles. The second-order valence-corrected chi connectivity index (χ2v) is 3.11. The fourth-order valence-electron chi connectivity index (χ4n) is 1.01. The zero-order valence-electron chi connectivity index (χ0n) is 6.65. The molecule has 1 aromatic heterocycles. The van der Waals surface area contributed by atoms with E-state index in [4.69, 9.17) is 4.42 Å². The van der Waals surface area contributed by atoms with Crippen molar-refractivity contribution in [3.63, 3.8) is 0 Å². The van der Waals surface area contributed by atoms with Crippen LogP contribution < -0.4 is 9.73 Å². The molecule has 4 heteroatoms. The van der Waals surface area contributed by atoms with Gasteiger partial charge in [0, 0.05) is 11.8 Å². The first-order chi connectivity index (χ1) is 5.81. The van der Waals surface area contributed by atoms with E-state index in [9.17, 15) is 0 Å². The Labute approximate surface area is 73.8 Å². The van der Waals surface area contributed by atoms with E-state index in [2.05, 4.69) is 11.7 Å². The van der Waals surface area contributed by atoms with Gasteiger partial charge in [-0.2, -0.15) is 0 Å². The number of rotatable bonds is 0. The van der Waals surface area contributed by atoms with Crippen LogP contribution in [0.5, 0.6) is 5.75 Å². The lowest BCUT2D eigenvalue weighted by Crippen LogP contribution is -2.33. The summed E-state index contributed by atoms with van der Waals surface area (Å²) < 4.78 is 7.08. The van der Waals surface area contributed by atoms with E-state index in [1.54, 1.807) is 4.24 Å². The second kappa shape index (κ2) is 2.71. The summed E-state index contributed by atoms with van der Waals surface area (Å²) in [6.07, 6.45) is 3.77. The smallest absolute Gasteiger partial charge is 0.201 e. The summed E-state index contributed by atoms with van der Waals surface area (Å²) in [5.41, 5.74) is 0.779. The molecule has 12 heavy (non-hydrogen) atoms. The van der Waals surface area contributed by atoms with Gasteiger partial charge in [0.1, 0.15) is 0 Å². The van der Waals surface area contributed by atoms with Crippen molar-refractivity contribution in [2.45, 2.75) is 0 Å². The largest absolute Gasteiger partial charge is 0.596 e. The number of thioether (sulfide) groups is 1. The molecule has 2 rings (SSSR count). The van der Waals surface area contributed by atoms with E-state index >= 15 is 0 Å². The standard InChI is InChI=1S/C8H8N2OS/c1-10-5-3-4-6-7(10)9-8(11-6)12-2/h3-5H,1H2,2H3/q+2. The molecule has 0 unspecified atom stereocenters. The summed E-state index contributed by atoms with van der Waals surface area (Å²) in [6, 6.07) is 3.76. The predicted octanol–water partition coefficient (Wildman–Crippen LogP) is 0.979. The number of fused-ring (bicyclic) bond motifs is 1. The van der Waals surface area contributed by atoms with Gasteiger partial charge in [0.15, 0.2) is 0 Å². The van der Waals surface area contributed by atoms with Gasteiger partial charge in [-0.25, -0.2) is 4.24 Å². The molecule has 1 aromatic rings. The van der Waals surface area contributed by atoms with Crippen LogP contribution in [0.4, 0.5) is 4.42 Å². The molecule has 0 amide bonds. The van der Waals surface area contributed by atoms with Crippen molar-refractivity contribution in [1.29, 1.82) is 0 Å². The zero-order chi connectivity index (χ0) is 8.55.